The Morgan fingerprint density at radius 2 is 2.17 bits per heavy atom. The van der Waals surface area contributed by atoms with Gasteiger partial charge in [-0.2, -0.15) is 0 Å². The van der Waals surface area contributed by atoms with Crippen LogP contribution in [0, 0.1) is 0 Å². The predicted octanol–water partition coefficient (Wildman–Crippen LogP) is 3.67. The molecule has 0 saturated heterocycles. The fourth-order valence-electron chi connectivity index (χ4n) is 1.14. The number of hydrogen-bond acceptors (Lipinski definition) is 1. The van der Waals surface area contributed by atoms with Crippen LogP contribution in [0.25, 0.3) is 0 Å². The molecule has 0 aliphatic carbocycles. The maximum absolute atomic E-state index is 9.52. The third-order valence-corrected chi connectivity index (χ3v) is 2.63. The van der Waals surface area contributed by atoms with Gasteiger partial charge in [0.1, 0.15) is 5.75 Å². The van der Waals surface area contributed by atoms with Crippen molar-refractivity contribution in [3.8, 4) is 5.75 Å². The van der Waals surface area contributed by atoms with Gasteiger partial charge in [0.2, 0.25) is 0 Å². The van der Waals surface area contributed by atoms with E-state index < -0.39 is 0 Å². The Kier molecular flexibility index (Phi) is 3.15. The first kappa shape index (κ1) is 9.59. The molecule has 66 valence electrons. The van der Waals surface area contributed by atoms with Gasteiger partial charge in [-0.05, 0) is 36.1 Å². The fourth-order valence-corrected chi connectivity index (χ4v) is 1.52. The molecule has 1 unspecified atom stereocenters. The quantitative estimate of drug-likeness (QED) is 0.820. The molecular formula is C10H13BrO. The molecule has 0 amide bonds. The zero-order valence-electron chi connectivity index (χ0n) is 7.34. The van der Waals surface area contributed by atoms with E-state index in [0.29, 0.717) is 11.7 Å². The van der Waals surface area contributed by atoms with E-state index in [9.17, 15) is 5.11 Å². The monoisotopic (exact) mass is 228 g/mol. The number of phenols is 1. The highest BCUT2D eigenvalue weighted by Crippen LogP contribution is 2.30. The molecule has 0 heterocycles. The second-order valence-corrected chi connectivity index (χ2v) is 3.93. The number of phenolic OH excluding ortho intramolecular Hbond substituents is 1. The number of aromatic hydroxyl groups is 1. The maximum atomic E-state index is 9.52. The largest absolute Gasteiger partial charge is 0.508 e. The lowest BCUT2D eigenvalue weighted by Gasteiger charge is -2.10. The molecule has 0 aliphatic rings. The summed E-state index contributed by atoms with van der Waals surface area (Å²) in [5.41, 5.74) is 1.02. The van der Waals surface area contributed by atoms with Crippen molar-refractivity contribution in [3.63, 3.8) is 0 Å². The van der Waals surface area contributed by atoms with Crippen molar-refractivity contribution < 1.29 is 5.11 Å². The van der Waals surface area contributed by atoms with Crippen LogP contribution in [0.3, 0.4) is 0 Å². The van der Waals surface area contributed by atoms with Crippen LogP contribution in [0.2, 0.25) is 0 Å². The summed E-state index contributed by atoms with van der Waals surface area (Å²) in [7, 11) is 0. The molecule has 0 aliphatic heterocycles. The first-order valence-electron chi connectivity index (χ1n) is 4.13. The summed E-state index contributed by atoms with van der Waals surface area (Å²) in [4.78, 5) is 0. The Morgan fingerprint density at radius 1 is 1.50 bits per heavy atom. The summed E-state index contributed by atoms with van der Waals surface area (Å²) >= 11 is 3.38. The average Bonchev–Trinajstić information content (AvgIpc) is 2.08. The van der Waals surface area contributed by atoms with Gasteiger partial charge in [-0.15, -0.1) is 0 Å². The van der Waals surface area contributed by atoms with Crippen LogP contribution < -0.4 is 0 Å². The molecule has 1 aromatic rings. The van der Waals surface area contributed by atoms with E-state index in [1.54, 1.807) is 6.07 Å². The van der Waals surface area contributed by atoms with Crippen molar-refractivity contribution in [3.05, 3.63) is 28.2 Å². The van der Waals surface area contributed by atoms with E-state index in [1.807, 2.05) is 12.1 Å². The third-order valence-electron chi connectivity index (χ3n) is 2.13. The van der Waals surface area contributed by atoms with Crippen LogP contribution in [0.15, 0.2) is 22.7 Å². The smallest absolute Gasteiger partial charge is 0.119 e. The van der Waals surface area contributed by atoms with E-state index >= 15 is 0 Å². The number of rotatable bonds is 2. The fraction of sp³-hybridized carbons (Fsp3) is 0.400. The van der Waals surface area contributed by atoms with Gasteiger partial charge >= 0.3 is 0 Å². The minimum atomic E-state index is 0.396. The second kappa shape index (κ2) is 3.94. The van der Waals surface area contributed by atoms with Gasteiger partial charge in [0.25, 0.3) is 0 Å². The van der Waals surface area contributed by atoms with Crippen molar-refractivity contribution in [1.82, 2.24) is 0 Å². The molecular weight excluding hydrogens is 216 g/mol. The molecule has 0 bridgehead atoms. The molecule has 1 N–H and O–H groups in total. The highest BCUT2D eigenvalue weighted by molar-refractivity contribution is 9.10. The standard InChI is InChI=1S/C10H13BrO/c1-3-7(2)9-6-8(11)4-5-10(9)12/h4-7,12H,3H2,1-2H3. The van der Waals surface area contributed by atoms with Crippen molar-refractivity contribution in [2.24, 2.45) is 0 Å². The Bertz CT molecular complexity index is 271. The maximum Gasteiger partial charge on any atom is 0.119 e. The van der Waals surface area contributed by atoms with Gasteiger partial charge in [0, 0.05) is 4.47 Å². The van der Waals surface area contributed by atoms with Crippen LogP contribution in [0.5, 0.6) is 5.75 Å². The topological polar surface area (TPSA) is 20.2 Å². The van der Waals surface area contributed by atoms with Crippen LogP contribution in [-0.4, -0.2) is 5.11 Å². The Labute approximate surface area is 81.6 Å². The molecule has 1 rings (SSSR count). The van der Waals surface area contributed by atoms with E-state index in [4.69, 9.17) is 0 Å². The molecule has 0 fully saturated rings. The SMILES string of the molecule is CCC(C)c1cc(Br)ccc1O. The third kappa shape index (κ3) is 2.01. The molecule has 1 atom stereocenters. The highest BCUT2D eigenvalue weighted by atomic mass is 79.9. The number of hydrogen-bond donors (Lipinski definition) is 1. The molecule has 1 aromatic carbocycles. The number of halogens is 1. The van der Waals surface area contributed by atoms with Crippen molar-refractivity contribution in [2.75, 3.05) is 0 Å². The lowest BCUT2D eigenvalue weighted by Crippen LogP contribution is -1.91. The molecule has 12 heavy (non-hydrogen) atoms. The van der Waals surface area contributed by atoms with Crippen molar-refractivity contribution in [2.45, 2.75) is 26.2 Å². The van der Waals surface area contributed by atoms with E-state index in [2.05, 4.69) is 29.8 Å². The minimum absolute atomic E-state index is 0.396. The van der Waals surface area contributed by atoms with Crippen LogP contribution in [0.1, 0.15) is 31.7 Å². The van der Waals surface area contributed by atoms with Crippen molar-refractivity contribution in [1.29, 1.82) is 0 Å². The minimum Gasteiger partial charge on any atom is -0.508 e. The Balaban J connectivity index is 3.04. The van der Waals surface area contributed by atoms with Gasteiger partial charge in [0.05, 0.1) is 0 Å². The van der Waals surface area contributed by atoms with Crippen LogP contribution >= 0.6 is 15.9 Å². The summed E-state index contributed by atoms with van der Waals surface area (Å²) < 4.78 is 1.02. The predicted molar refractivity (Wildman–Crippen MR) is 54.5 cm³/mol. The van der Waals surface area contributed by atoms with Gasteiger partial charge in [-0.3, -0.25) is 0 Å². The second-order valence-electron chi connectivity index (χ2n) is 3.01. The molecule has 0 aromatic heterocycles. The van der Waals surface area contributed by atoms with E-state index in [0.717, 1.165) is 16.5 Å². The van der Waals surface area contributed by atoms with Crippen molar-refractivity contribution >= 4 is 15.9 Å². The molecule has 0 saturated carbocycles. The molecule has 2 heteroatoms. The summed E-state index contributed by atoms with van der Waals surface area (Å²) in [6.45, 7) is 4.23. The number of benzene rings is 1. The van der Waals surface area contributed by atoms with Gasteiger partial charge in [-0.25, -0.2) is 0 Å². The highest BCUT2D eigenvalue weighted by Gasteiger charge is 2.07. The summed E-state index contributed by atoms with van der Waals surface area (Å²) in [6, 6.07) is 5.55. The first-order chi connectivity index (χ1) is 5.65. The normalized spacial score (nSPS) is 12.9. The van der Waals surface area contributed by atoms with Crippen LogP contribution in [-0.2, 0) is 0 Å². The zero-order chi connectivity index (χ0) is 9.14. The van der Waals surface area contributed by atoms with Gasteiger partial charge in [0.15, 0.2) is 0 Å². The summed E-state index contributed by atoms with van der Waals surface area (Å²) in [5, 5.41) is 9.52. The Morgan fingerprint density at radius 3 is 2.75 bits per heavy atom. The first-order valence-corrected chi connectivity index (χ1v) is 4.93. The van der Waals surface area contributed by atoms with E-state index in [-0.39, 0.29) is 0 Å². The van der Waals surface area contributed by atoms with Gasteiger partial charge < -0.3 is 5.11 Å². The summed E-state index contributed by atoms with van der Waals surface area (Å²) in [6.07, 6.45) is 1.05. The summed E-state index contributed by atoms with van der Waals surface area (Å²) in [5.74, 6) is 0.815. The molecule has 1 nitrogen and oxygen atoms in total. The van der Waals surface area contributed by atoms with Crippen LogP contribution in [0.4, 0.5) is 0 Å². The lowest BCUT2D eigenvalue weighted by molar-refractivity contribution is 0.462. The Hall–Kier alpha value is -0.500. The zero-order valence-corrected chi connectivity index (χ0v) is 8.93. The average molecular weight is 229 g/mol. The molecule has 0 radical (unpaired) electrons. The van der Waals surface area contributed by atoms with E-state index in [1.165, 1.54) is 0 Å². The lowest BCUT2D eigenvalue weighted by atomic mass is 9.98. The van der Waals surface area contributed by atoms with Gasteiger partial charge in [-0.1, -0.05) is 29.8 Å². The molecule has 0 spiro atoms.